The number of carboxylic acid groups (broad SMARTS) is 1. The maximum atomic E-state index is 11.0. The van der Waals surface area contributed by atoms with E-state index in [2.05, 4.69) is 4.74 Å². The Morgan fingerprint density at radius 3 is 2.83 bits per heavy atom. The van der Waals surface area contributed by atoms with Crippen LogP contribution in [0.5, 0.6) is 0 Å². The molecule has 0 aromatic rings. The number of carboxylic acids is 1. The molecule has 1 fully saturated rings. The molecule has 1 amide bonds. The summed E-state index contributed by atoms with van der Waals surface area (Å²) in [6.45, 7) is 0.439. The normalized spacial score (nSPS) is 22.4. The van der Waals surface area contributed by atoms with Crippen molar-refractivity contribution >= 4 is 23.8 Å². The first-order valence-corrected chi connectivity index (χ1v) is 4.40. The van der Waals surface area contributed by atoms with E-state index in [1.54, 1.807) is 0 Å². The van der Waals surface area contributed by atoms with Gasteiger partial charge < -0.3 is 9.84 Å². The molecular weight excluding hydrogens is 182 g/mol. The summed E-state index contributed by atoms with van der Waals surface area (Å²) in [5.41, 5.74) is 0. The molecule has 0 aliphatic carbocycles. The third-order valence-electron chi connectivity index (χ3n) is 1.51. The Labute approximate surface area is 73.7 Å². The van der Waals surface area contributed by atoms with Crippen LogP contribution < -0.4 is 0 Å². The minimum atomic E-state index is -0.997. The maximum absolute atomic E-state index is 11.0. The molecule has 0 bridgehead atoms. The van der Waals surface area contributed by atoms with E-state index < -0.39 is 17.4 Å². The Bertz CT molecular complexity index is 208. The Hall–Kier alpha value is -0.910. The molecule has 1 rings (SSSR count). The second-order valence-corrected chi connectivity index (χ2v) is 3.41. The molecule has 0 radical (unpaired) electrons. The van der Waals surface area contributed by atoms with E-state index in [4.69, 9.17) is 5.11 Å². The van der Waals surface area contributed by atoms with Gasteiger partial charge in [-0.1, -0.05) is 0 Å². The van der Waals surface area contributed by atoms with Crippen LogP contribution in [-0.4, -0.2) is 46.9 Å². The van der Waals surface area contributed by atoms with Crippen molar-refractivity contribution in [2.75, 3.05) is 19.4 Å². The minimum absolute atomic E-state index is 0.439. The molecule has 1 atom stereocenters. The Balaban J connectivity index is 2.63. The number of ether oxygens (including phenoxy) is 1. The summed E-state index contributed by atoms with van der Waals surface area (Å²) < 4.78 is 4.42. The lowest BCUT2D eigenvalue weighted by Gasteiger charge is -2.17. The van der Waals surface area contributed by atoms with Crippen LogP contribution in [0.1, 0.15) is 0 Å². The average Bonchev–Trinajstić information content (AvgIpc) is 2.50. The van der Waals surface area contributed by atoms with Crippen molar-refractivity contribution in [3.63, 3.8) is 0 Å². The topological polar surface area (TPSA) is 66.8 Å². The van der Waals surface area contributed by atoms with Gasteiger partial charge in [-0.15, -0.1) is 11.8 Å². The monoisotopic (exact) mass is 191 g/mol. The fraction of sp³-hybridized carbons (Fsp3) is 0.667. The van der Waals surface area contributed by atoms with E-state index in [1.807, 2.05) is 0 Å². The number of nitrogens with zero attached hydrogens (tertiary/aromatic N) is 1. The number of hydrogen-bond donors (Lipinski definition) is 1. The van der Waals surface area contributed by atoms with Gasteiger partial charge in [-0.25, -0.2) is 9.59 Å². The molecular formula is C6H9NO4S. The molecule has 1 N–H and O–H groups in total. The number of carbonyl (C=O) groups is 2. The van der Waals surface area contributed by atoms with E-state index in [0.29, 0.717) is 12.3 Å². The standard InChI is InChI=1S/C6H9NO4S/c1-11-6(10)7-2-3-12-4(7)5(8)9/h4H,2-3H2,1H3,(H,8,9). The lowest BCUT2D eigenvalue weighted by molar-refractivity contribution is -0.139. The zero-order valence-corrected chi connectivity index (χ0v) is 7.34. The molecule has 12 heavy (non-hydrogen) atoms. The highest BCUT2D eigenvalue weighted by molar-refractivity contribution is 8.00. The van der Waals surface area contributed by atoms with Crippen LogP contribution in [0, 0.1) is 0 Å². The highest BCUT2D eigenvalue weighted by atomic mass is 32.2. The molecule has 6 heteroatoms. The zero-order chi connectivity index (χ0) is 9.14. The van der Waals surface area contributed by atoms with Crippen molar-refractivity contribution in [2.24, 2.45) is 0 Å². The van der Waals surface area contributed by atoms with Crippen LogP contribution in [0.15, 0.2) is 0 Å². The predicted octanol–water partition coefficient (Wildman–Crippen LogP) is 0.212. The van der Waals surface area contributed by atoms with E-state index in [1.165, 1.54) is 23.8 Å². The van der Waals surface area contributed by atoms with Gasteiger partial charge in [-0.3, -0.25) is 4.90 Å². The third-order valence-corrected chi connectivity index (χ3v) is 2.70. The maximum Gasteiger partial charge on any atom is 0.410 e. The molecule has 5 nitrogen and oxygen atoms in total. The van der Waals surface area contributed by atoms with Gasteiger partial charge in [0, 0.05) is 12.3 Å². The summed E-state index contributed by atoms with van der Waals surface area (Å²) in [4.78, 5) is 22.7. The summed E-state index contributed by atoms with van der Waals surface area (Å²) >= 11 is 1.23. The summed E-state index contributed by atoms with van der Waals surface area (Å²) in [6, 6.07) is 0. The number of methoxy groups -OCH3 is 1. The summed E-state index contributed by atoms with van der Waals surface area (Å²) in [5, 5.41) is 7.88. The molecule has 1 unspecified atom stereocenters. The number of rotatable bonds is 1. The smallest absolute Gasteiger partial charge is 0.410 e. The van der Waals surface area contributed by atoms with Gasteiger partial charge in [0.1, 0.15) is 0 Å². The third kappa shape index (κ3) is 1.63. The average molecular weight is 191 g/mol. The number of hydrogen-bond acceptors (Lipinski definition) is 4. The highest BCUT2D eigenvalue weighted by Gasteiger charge is 2.35. The van der Waals surface area contributed by atoms with Crippen molar-refractivity contribution in [2.45, 2.75) is 5.37 Å². The van der Waals surface area contributed by atoms with Crippen molar-refractivity contribution < 1.29 is 19.4 Å². The van der Waals surface area contributed by atoms with Gasteiger partial charge in [-0.05, 0) is 0 Å². The first-order chi connectivity index (χ1) is 5.66. The van der Waals surface area contributed by atoms with E-state index in [-0.39, 0.29) is 0 Å². The summed E-state index contributed by atoms with van der Waals surface area (Å²) in [7, 11) is 1.24. The van der Waals surface area contributed by atoms with Crippen molar-refractivity contribution in [3.8, 4) is 0 Å². The van der Waals surface area contributed by atoms with Gasteiger partial charge in [0.25, 0.3) is 0 Å². The van der Waals surface area contributed by atoms with Gasteiger partial charge in [0.2, 0.25) is 0 Å². The SMILES string of the molecule is COC(=O)N1CCSC1C(=O)O. The number of amides is 1. The molecule has 1 saturated heterocycles. The first kappa shape index (κ1) is 9.18. The molecule has 1 heterocycles. The van der Waals surface area contributed by atoms with E-state index >= 15 is 0 Å². The minimum Gasteiger partial charge on any atom is -0.479 e. The fourth-order valence-corrected chi connectivity index (χ4v) is 2.02. The van der Waals surface area contributed by atoms with Crippen LogP contribution in [0.3, 0.4) is 0 Å². The van der Waals surface area contributed by atoms with Crippen LogP contribution in [-0.2, 0) is 9.53 Å². The predicted molar refractivity (Wildman–Crippen MR) is 43.0 cm³/mol. The number of aliphatic carboxylic acids is 1. The number of carbonyl (C=O) groups excluding carboxylic acids is 1. The molecule has 1 aliphatic rings. The van der Waals surface area contributed by atoms with Gasteiger partial charge in [-0.2, -0.15) is 0 Å². The van der Waals surface area contributed by atoms with Crippen molar-refractivity contribution in [3.05, 3.63) is 0 Å². The van der Waals surface area contributed by atoms with Crippen molar-refractivity contribution in [1.82, 2.24) is 4.90 Å². The lowest BCUT2D eigenvalue weighted by Crippen LogP contribution is -2.39. The molecule has 0 aromatic carbocycles. The van der Waals surface area contributed by atoms with Crippen LogP contribution >= 0.6 is 11.8 Å². The Morgan fingerprint density at radius 1 is 1.67 bits per heavy atom. The lowest BCUT2D eigenvalue weighted by atomic mass is 10.5. The summed E-state index contributed by atoms with van der Waals surface area (Å²) in [5.74, 6) is -0.352. The molecule has 0 aromatic heterocycles. The van der Waals surface area contributed by atoms with Crippen LogP contribution in [0.25, 0.3) is 0 Å². The van der Waals surface area contributed by atoms with E-state index in [0.717, 1.165) is 0 Å². The molecule has 1 aliphatic heterocycles. The Morgan fingerprint density at radius 2 is 2.33 bits per heavy atom. The largest absolute Gasteiger partial charge is 0.479 e. The Kier molecular flexibility index (Phi) is 2.80. The summed E-state index contributed by atoms with van der Waals surface area (Å²) in [6.07, 6.45) is -0.576. The highest BCUT2D eigenvalue weighted by Crippen LogP contribution is 2.24. The zero-order valence-electron chi connectivity index (χ0n) is 6.52. The van der Waals surface area contributed by atoms with Crippen LogP contribution in [0.4, 0.5) is 4.79 Å². The van der Waals surface area contributed by atoms with Crippen LogP contribution in [0.2, 0.25) is 0 Å². The first-order valence-electron chi connectivity index (χ1n) is 3.36. The second kappa shape index (κ2) is 3.66. The fourth-order valence-electron chi connectivity index (χ4n) is 0.979. The molecule has 0 spiro atoms. The van der Waals surface area contributed by atoms with Gasteiger partial charge >= 0.3 is 12.1 Å². The number of thioether (sulfide) groups is 1. The molecule has 0 saturated carbocycles. The quantitative estimate of drug-likeness (QED) is 0.641. The van der Waals surface area contributed by atoms with E-state index in [9.17, 15) is 9.59 Å². The van der Waals surface area contributed by atoms with Crippen molar-refractivity contribution in [1.29, 1.82) is 0 Å². The van der Waals surface area contributed by atoms with Gasteiger partial charge in [0.05, 0.1) is 7.11 Å². The van der Waals surface area contributed by atoms with Gasteiger partial charge in [0.15, 0.2) is 5.37 Å². The molecule has 68 valence electrons. The second-order valence-electron chi connectivity index (χ2n) is 2.22.